The third-order valence-electron chi connectivity index (χ3n) is 4.54. The van der Waals surface area contributed by atoms with E-state index in [9.17, 15) is 4.79 Å². The van der Waals surface area contributed by atoms with Crippen molar-refractivity contribution in [3.05, 3.63) is 28.8 Å². The Kier molecular flexibility index (Phi) is 7.86. The van der Waals surface area contributed by atoms with Crippen LogP contribution in [0.1, 0.15) is 56.9 Å². The van der Waals surface area contributed by atoms with Crippen LogP contribution >= 0.6 is 11.6 Å². The van der Waals surface area contributed by atoms with Crippen LogP contribution in [-0.2, 0) is 9.53 Å². The molecule has 0 aliphatic heterocycles. The summed E-state index contributed by atoms with van der Waals surface area (Å²) < 4.78 is 10.8. The number of amides is 1. The van der Waals surface area contributed by atoms with Crippen LogP contribution in [0.15, 0.2) is 18.2 Å². The van der Waals surface area contributed by atoms with Crippen molar-refractivity contribution in [2.45, 2.75) is 57.4 Å². The summed E-state index contributed by atoms with van der Waals surface area (Å²) in [5, 5.41) is 3.65. The van der Waals surface area contributed by atoms with Gasteiger partial charge in [0.05, 0.1) is 0 Å². The molecule has 1 aromatic carbocycles. The number of ether oxygens (including phenoxy) is 2. The van der Waals surface area contributed by atoms with E-state index >= 15 is 0 Å². The summed E-state index contributed by atoms with van der Waals surface area (Å²) in [5.74, 6) is 1.16. The average molecular weight is 354 g/mol. The van der Waals surface area contributed by atoms with Gasteiger partial charge < -0.3 is 14.8 Å². The molecule has 1 amide bonds. The van der Waals surface area contributed by atoms with E-state index in [2.05, 4.69) is 5.32 Å². The molecule has 1 aromatic rings. The van der Waals surface area contributed by atoms with E-state index in [4.69, 9.17) is 21.1 Å². The van der Waals surface area contributed by atoms with Crippen molar-refractivity contribution < 1.29 is 14.3 Å². The highest BCUT2D eigenvalue weighted by atomic mass is 35.5. The number of carbonyl (C=O) groups excluding carboxylic acids is 1. The van der Waals surface area contributed by atoms with Crippen molar-refractivity contribution in [2.75, 3.05) is 20.3 Å². The fourth-order valence-corrected chi connectivity index (χ4v) is 3.39. The molecule has 1 aliphatic rings. The zero-order chi connectivity index (χ0) is 17.4. The lowest BCUT2D eigenvalue weighted by Crippen LogP contribution is -2.36. The summed E-state index contributed by atoms with van der Waals surface area (Å²) in [6.45, 7) is 2.62. The fourth-order valence-electron chi connectivity index (χ4n) is 3.21. The summed E-state index contributed by atoms with van der Waals surface area (Å²) in [6, 6.07) is 5.77. The molecule has 1 saturated carbocycles. The van der Waals surface area contributed by atoms with E-state index in [1.54, 1.807) is 7.11 Å². The molecule has 5 heteroatoms. The lowest BCUT2D eigenvalue weighted by atomic mass is 9.84. The second-order valence-corrected chi connectivity index (χ2v) is 6.99. The van der Waals surface area contributed by atoms with Gasteiger partial charge in [0.15, 0.2) is 6.61 Å². The molecule has 1 fully saturated rings. The second kappa shape index (κ2) is 9.90. The summed E-state index contributed by atoms with van der Waals surface area (Å²) in [7, 11) is 1.66. The SMILES string of the molecule is COCCC(C)NC(=O)COc1ccc(Cl)cc1C1CCCCC1. The van der Waals surface area contributed by atoms with Crippen molar-refractivity contribution >= 4 is 17.5 Å². The Morgan fingerprint density at radius 1 is 1.33 bits per heavy atom. The van der Waals surface area contributed by atoms with Crippen molar-refractivity contribution in [2.24, 2.45) is 0 Å². The quantitative estimate of drug-likeness (QED) is 0.757. The minimum atomic E-state index is -0.108. The second-order valence-electron chi connectivity index (χ2n) is 6.56. The molecule has 2 rings (SSSR count). The Balaban J connectivity index is 1.93. The molecule has 0 spiro atoms. The number of nitrogens with one attached hydrogen (secondary N) is 1. The fraction of sp³-hybridized carbons (Fsp3) is 0.632. The van der Waals surface area contributed by atoms with Crippen LogP contribution in [0.5, 0.6) is 5.75 Å². The molecule has 134 valence electrons. The largest absolute Gasteiger partial charge is 0.483 e. The van der Waals surface area contributed by atoms with E-state index in [0.717, 1.165) is 35.6 Å². The van der Waals surface area contributed by atoms with Gasteiger partial charge in [0.2, 0.25) is 0 Å². The monoisotopic (exact) mass is 353 g/mol. The minimum absolute atomic E-state index is 0.0265. The Morgan fingerprint density at radius 2 is 2.08 bits per heavy atom. The number of hydrogen-bond donors (Lipinski definition) is 1. The van der Waals surface area contributed by atoms with E-state index in [1.807, 2.05) is 25.1 Å². The van der Waals surface area contributed by atoms with Crippen LogP contribution in [0.4, 0.5) is 0 Å². The van der Waals surface area contributed by atoms with Gasteiger partial charge >= 0.3 is 0 Å². The molecular weight excluding hydrogens is 326 g/mol. The Hall–Kier alpha value is -1.26. The maximum atomic E-state index is 12.0. The van der Waals surface area contributed by atoms with Crippen LogP contribution in [0.3, 0.4) is 0 Å². The normalized spacial score (nSPS) is 16.6. The van der Waals surface area contributed by atoms with Crippen LogP contribution in [0.25, 0.3) is 0 Å². The van der Waals surface area contributed by atoms with Gasteiger partial charge in [0.1, 0.15) is 5.75 Å². The molecule has 1 atom stereocenters. The molecule has 1 N–H and O–H groups in total. The molecule has 0 aromatic heterocycles. The molecule has 0 saturated heterocycles. The zero-order valence-corrected chi connectivity index (χ0v) is 15.4. The zero-order valence-electron chi connectivity index (χ0n) is 14.6. The van der Waals surface area contributed by atoms with Gasteiger partial charge in [-0.25, -0.2) is 0 Å². The molecule has 4 nitrogen and oxygen atoms in total. The van der Waals surface area contributed by atoms with Crippen molar-refractivity contribution in [3.63, 3.8) is 0 Å². The van der Waals surface area contributed by atoms with E-state index in [-0.39, 0.29) is 18.6 Å². The van der Waals surface area contributed by atoms with Crippen LogP contribution in [0, 0.1) is 0 Å². The van der Waals surface area contributed by atoms with Gasteiger partial charge in [-0.05, 0) is 55.9 Å². The number of benzene rings is 1. The topological polar surface area (TPSA) is 47.6 Å². The lowest BCUT2D eigenvalue weighted by Gasteiger charge is -2.24. The molecular formula is C19H28ClNO3. The van der Waals surface area contributed by atoms with Crippen LogP contribution in [-0.4, -0.2) is 32.3 Å². The van der Waals surface area contributed by atoms with E-state index in [1.165, 1.54) is 19.3 Å². The molecule has 24 heavy (non-hydrogen) atoms. The highest BCUT2D eigenvalue weighted by Gasteiger charge is 2.20. The standard InChI is InChI=1S/C19H28ClNO3/c1-14(10-11-23-2)21-19(22)13-24-18-9-8-16(20)12-17(18)15-6-4-3-5-7-15/h8-9,12,14-15H,3-7,10-11,13H2,1-2H3,(H,21,22). The first kappa shape index (κ1) is 19.1. The third-order valence-corrected chi connectivity index (χ3v) is 4.77. The number of hydrogen-bond acceptors (Lipinski definition) is 3. The maximum Gasteiger partial charge on any atom is 0.258 e. The number of methoxy groups -OCH3 is 1. The Bertz CT molecular complexity index is 529. The van der Waals surface area contributed by atoms with Gasteiger partial charge in [-0.15, -0.1) is 0 Å². The smallest absolute Gasteiger partial charge is 0.258 e. The Labute approximate surface area is 149 Å². The third kappa shape index (κ3) is 5.99. The minimum Gasteiger partial charge on any atom is -0.483 e. The summed E-state index contributed by atoms with van der Waals surface area (Å²) in [6.07, 6.45) is 6.90. The number of rotatable bonds is 8. The van der Waals surface area contributed by atoms with Crippen molar-refractivity contribution in [3.8, 4) is 5.75 Å². The van der Waals surface area contributed by atoms with Crippen molar-refractivity contribution in [1.29, 1.82) is 0 Å². The maximum absolute atomic E-state index is 12.0. The first-order chi connectivity index (χ1) is 11.6. The Morgan fingerprint density at radius 3 is 2.79 bits per heavy atom. The first-order valence-corrected chi connectivity index (χ1v) is 9.18. The van der Waals surface area contributed by atoms with Crippen LogP contribution in [0.2, 0.25) is 5.02 Å². The van der Waals surface area contributed by atoms with Gasteiger partial charge in [0.25, 0.3) is 5.91 Å². The summed E-state index contributed by atoms with van der Waals surface area (Å²) in [5.41, 5.74) is 1.14. The van der Waals surface area contributed by atoms with Crippen molar-refractivity contribution in [1.82, 2.24) is 5.32 Å². The van der Waals surface area contributed by atoms with Gasteiger partial charge in [-0.1, -0.05) is 30.9 Å². The number of carbonyl (C=O) groups is 1. The molecule has 0 heterocycles. The van der Waals surface area contributed by atoms with Gasteiger partial charge in [-0.2, -0.15) is 0 Å². The lowest BCUT2D eigenvalue weighted by molar-refractivity contribution is -0.123. The van der Waals surface area contributed by atoms with E-state index in [0.29, 0.717) is 12.5 Å². The summed E-state index contributed by atoms with van der Waals surface area (Å²) in [4.78, 5) is 12.0. The number of halogens is 1. The van der Waals surface area contributed by atoms with Gasteiger partial charge in [0, 0.05) is 24.8 Å². The average Bonchev–Trinajstić information content (AvgIpc) is 2.59. The predicted molar refractivity (Wildman–Crippen MR) is 96.9 cm³/mol. The molecule has 1 aliphatic carbocycles. The highest BCUT2D eigenvalue weighted by molar-refractivity contribution is 6.30. The van der Waals surface area contributed by atoms with E-state index < -0.39 is 0 Å². The molecule has 1 unspecified atom stereocenters. The van der Waals surface area contributed by atoms with Gasteiger partial charge in [-0.3, -0.25) is 4.79 Å². The van der Waals surface area contributed by atoms with Crippen LogP contribution < -0.4 is 10.1 Å². The highest BCUT2D eigenvalue weighted by Crippen LogP contribution is 2.38. The molecule has 0 bridgehead atoms. The summed E-state index contributed by atoms with van der Waals surface area (Å²) >= 11 is 6.17. The predicted octanol–water partition coefficient (Wildman–Crippen LogP) is 4.31. The molecule has 0 radical (unpaired) electrons. The first-order valence-electron chi connectivity index (χ1n) is 8.80.